The average molecular weight is 524 g/mol. The number of ether oxygens (including phenoxy) is 1. The molecule has 3 rings (SSSR count). The van der Waals surface area contributed by atoms with E-state index in [1.807, 2.05) is 0 Å². The molecule has 0 aliphatic carbocycles. The van der Waals surface area contributed by atoms with E-state index < -0.39 is 35.2 Å². The van der Waals surface area contributed by atoms with E-state index in [1.54, 1.807) is 37.2 Å². The summed E-state index contributed by atoms with van der Waals surface area (Å²) in [5.41, 5.74) is 1.16. The molecule has 0 unspecified atom stereocenters. The maximum absolute atomic E-state index is 13.3. The number of halogens is 3. The van der Waals surface area contributed by atoms with Crippen LogP contribution in [0.3, 0.4) is 0 Å². The maximum Gasteiger partial charge on any atom is 0.412 e. The van der Waals surface area contributed by atoms with Gasteiger partial charge in [-0.2, -0.15) is 13.2 Å². The van der Waals surface area contributed by atoms with Crippen molar-refractivity contribution < 1.29 is 36.2 Å². The lowest BCUT2D eigenvalue weighted by Gasteiger charge is -2.19. The van der Waals surface area contributed by atoms with Gasteiger partial charge in [-0.15, -0.1) is 0 Å². The number of fused-ring (bicyclic) bond motifs is 1. The zero-order chi connectivity index (χ0) is 26.8. The van der Waals surface area contributed by atoms with Crippen molar-refractivity contribution in [1.29, 1.82) is 0 Å². The molecule has 1 N–H and O–H groups in total. The molecule has 2 aromatic carbocycles. The molecule has 36 heavy (non-hydrogen) atoms. The third kappa shape index (κ3) is 5.85. The molecule has 0 bridgehead atoms. The summed E-state index contributed by atoms with van der Waals surface area (Å²) in [5, 5.41) is 10.3. The van der Waals surface area contributed by atoms with Gasteiger partial charge in [0.15, 0.2) is 9.84 Å². The van der Waals surface area contributed by atoms with Crippen molar-refractivity contribution in [3.63, 3.8) is 0 Å². The summed E-state index contributed by atoms with van der Waals surface area (Å²) < 4.78 is 69.9. The van der Waals surface area contributed by atoms with Gasteiger partial charge < -0.3 is 19.3 Å². The number of nitrogens with zero attached hydrogens (tertiary/aromatic N) is 3. The van der Waals surface area contributed by atoms with Crippen LogP contribution in [0.4, 0.5) is 29.3 Å². The van der Waals surface area contributed by atoms with E-state index in [0.29, 0.717) is 16.6 Å². The predicted octanol–water partition coefficient (Wildman–Crippen LogP) is 4.22. The van der Waals surface area contributed by atoms with Crippen molar-refractivity contribution in [2.24, 2.45) is 0 Å². The average Bonchev–Trinajstić information content (AvgIpc) is 3.11. The molecule has 1 heterocycles. The predicted molar refractivity (Wildman–Crippen MR) is 131 cm³/mol. The number of aromatic nitrogens is 1. The Balaban J connectivity index is 2.05. The second kappa shape index (κ2) is 10.0. The first-order valence-corrected chi connectivity index (χ1v) is 12.4. The quantitative estimate of drug-likeness (QED) is 0.487. The van der Waals surface area contributed by atoms with E-state index in [0.717, 1.165) is 15.7 Å². The van der Waals surface area contributed by atoms with Crippen molar-refractivity contribution >= 4 is 38.2 Å². The number of hydrogen-bond donors (Lipinski definition) is 1. The molecule has 0 saturated carbocycles. The topological polar surface area (TPSA) is 92.1 Å². The number of hydrogen-bond acceptors (Lipinski definition) is 5. The van der Waals surface area contributed by atoms with Gasteiger partial charge in [-0.1, -0.05) is 12.0 Å². The van der Waals surface area contributed by atoms with Crippen LogP contribution >= 0.6 is 0 Å². The van der Waals surface area contributed by atoms with Gasteiger partial charge >= 0.3 is 12.3 Å². The van der Waals surface area contributed by atoms with Gasteiger partial charge in [0.2, 0.25) is 0 Å². The van der Waals surface area contributed by atoms with E-state index in [4.69, 9.17) is 4.74 Å². The molecule has 3 aromatic rings. The summed E-state index contributed by atoms with van der Waals surface area (Å²) in [6.45, 7) is -1.67. The maximum atomic E-state index is 13.3. The Kier molecular flexibility index (Phi) is 7.45. The smallest absolute Gasteiger partial charge is 0.412 e. The number of amides is 1. The Morgan fingerprint density at radius 1 is 1.14 bits per heavy atom. The van der Waals surface area contributed by atoms with Gasteiger partial charge in [-0.3, -0.25) is 4.90 Å². The minimum absolute atomic E-state index is 0.0102. The molecule has 8 nitrogen and oxygen atoms in total. The van der Waals surface area contributed by atoms with Crippen LogP contribution in [0.25, 0.3) is 10.9 Å². The molecule has 12 heteroatoms. The summed E-state index contributed by atoms with van der Waals surface area (Å²) >= 11 is 0. The first-order valence-electron chi connectivity index (χ1n) is 10.5. The van der Waals surface area contributed by atoms with E-state index in [9.17, 15) is 31.5 Å². The summed E-state index contributed by atoms with van der Waals surface area (Å²) in [7, 11) is 1.24. The second-order valence-corrected chi connectivity index (χ2v) is 10.1. The summed E-state index contributed by atoms with van der Waals surface area (Å²) in [5.74, 6) is 5.30. The first-order chi connectivity index (χ1) is 16.7. The molecular formula is C24H24F3N3O5S. The fourth-order valence-electron chi connectivity index (χ4n) is 3.69. The number of benzene rings is 2. The lowest BCUT2D eigenvalue weighted by Crippen LogP contribution is -2.30. The van der Waals surface area contributed by atoms with Gasteiger partial charge in [-0.25, -0.2) is 13.2 Å². The Bertz CT molecular complexity index is 1470. The molecule has 0 saturated heterocycles. The highest BCUT2D eigenvalue weighted by Gasteiger charge is 2.30. The lowest BCUT2D eigenvalue weighted by atomic mass is 10.2. The third-order valence-corrected chi connectivity index (χ3v) is 6.41. The molecule has 0 aliphatic rings. The van der Waals surface area contributed by atoms with Crippen molar-refractivity contribution in [3.05, 3.63) is 48.2 Å². The zero-order valence-corrected chi connectivity index (χ0v) is 20.7. The Morgan fingerprint density at radius 2 is 1.83 bits per heavy atom. The number of methoxy groups -OCH3 is 1. The monoisotopic (exact) mass is 523 g/mol. The van der Waals surface area contributed by atoms with Crippen LogP contribution < -0.4 is 14.5 Å². The van der Waals surface area contributed by atoms with E-state index in [1.165, 1.54) is 31.4 Å². The molecule has 192 valence electrons. The SMILES string of the molecule is COc1cc(S(C)(=O)=O)ccc1N(CC#Cc1cc2c(N(C)C)cccc2n1CC(F)(F)F)C(=O)O. The van der Waals surface area contributed by atoms with Crippen LogP contribution in [0.2, 0.25) is 0 Å². The Morgan fingerprint density at radius 3 is 2.39 bits per heavy atom. The largest absolute Gasteiger partial charge is 0.495 e. The summed E-state index contributed by atoms with van der Waals surface area (Å²) in [4.78, 5) is 14.5. The van der Waals surface area contributed by atoms with E-state index in [2.05, 4.69) is 11.8 Å². The van der Waals surface area contributed by atoms with E-state index >= 15 is 0 Å². The lowest BCUT2D eigenvalue weighted by molar-refractivity contribution is -0.140. The number of alkyl halides is 3. The van der Waals surface area contributed by atoms with Crippen LogP contribution in [0, 0.1) is 11.8 Å². The minimum Gasteiger partial charge on any atom is -0.495 e. The fourth-order valence-corrected chi connectivity index (χ4v) is 4.32. The van der Waals surface area contributed by atoms with Crippen LogP contribution in [-0.2, 0) is 16.4 Å². The molecule has 0 aliphatic heterocycles. The molecule has 0 spiro atoms. The Labute approximate surface area is 206 Å². The highest BCUT2D eigenvalue weighted by molar-refractivity contribution is 7.90. The molecule has 1 amide bonds. The molecule has 0 radical (unpaired) electrons. The number of sulfone groups is 1. The minimum atomic E-state index is -4.50. The fraction of sp³-hybridized carbons (Fsp3) is 0.292. The van der Waals surface area contributed by atoms with Crippen LogP contribution in [0.1, 0.15) is 5.69 Å². The number of anilines is 2. The number of rotatable bonds is 6. The zero-order valence-electron chi connectivity index (χ0n) is 19.9. The van der Waals surface area contributed by atoms with Gasteiger partial charge in [0.25, 0.3) is 0 Å². The number of carbonyl (C=O) groups is 1. The molecular weight excluding hydrogens is 499 g/mol. The van der Waals surface area contributed by atoms with Crippen molar-refractivity contribution in [1.82, 2.24) is 4.57 Å². The van der Waals surface area contributed by atoms with E-state index in [-0.39, 0.29) is 22.0 Å². The van der Waals surface area contributed by atoms with Crippen molar-refractivity contribution in [3.8, 4) is 17.6 Å². The highest BCUT2D eigenvalue weighted by atomic mass is 32.2. The standard InChI is InChI=1S/C24H24F3N3O5S/c1-28(2)19-8-5-9-20-18(19)13-16(30(20)15-24(25,26)27)7-6-12-29(23(31)32)21-11-10-17(36(4,33)34)14-22(21)35-3/h5,8-11,13-14H,12,15H2,1-4H3,(H,31,32). The van der Waals surface area contributed by atoms with Crippen LogP contribution in [0.5, 0.6) is 5.75 Å². The van der Waals surface area contributed by atoms with Gasteiger partial charge in [-0.05, 0) is 36.3 Å². The van der Waals surface area contributed by atoms with Crippen molar-refractivity contribution in [2.45, 2.75) is 17.6 Å². The molecule has 0 atom stereocenters. The van der Waals surface area contributed by atoms with Gasteiger partial charge in [0.1, 0.15) is 12.3 Å². The molecule has 0 fully saturated rings. The second-order valence-electron chi connectivity index (χ2n) is 8.11. The number of carboxylic acid groups (broad SMARTS) is 1. The molecule has 1 aromatic heterocycles. The first kappa shape index (κ1) is 26.7. The highest BCUT2D eigenvalue weighted by Crippen LogP contribution is 2.32. The third-order valence-electron chi connectivity index (χ3n) is 5.30. The summed E-state index contributed by atoms with van der Waals surface area (Å²) in [6, 6.07) is 10.2. The Hall–Kier alpha value is -3.85. The normalized spacial score (nSPS) is 11.6. The summed E-state index contributed by atoms with van der Waals surface area (Å²) in [6.07, 6.45) is -4.90. The van der Waals surface area contributed by atoms with Crippen LogP contribution in [0.15, 0.2) is 47.4 Å². The van der Waals surface area contributed by atoms with Gasteiger partial charge in [0, 0.05) is 37.5 Å². The van der Waals surface area contributed by atoms with Gasteiger partial charge in [0.05, 0.1) is 35.4 Å². The van der Waals surface area contributed by atoms with Crippen LogP contribution in [-0.4, -0.2) is 64.4 Å². The van der Waals surface area contributed by atoms with Crippen molar-refractivity contribution in [2.75, 3.05) is 43.8 Å².